The summed E-state index contributed by atoms with van der Waals surface area (Å²) >= 11 is 5.89. The van der Waals surface area contributed by atoms with Gasteiger partial charge in [0.15, 0.2) is 5.96 Å². The lowest BCUT2D eigenvalue weighted by atomic mass is 10.1. The Bertz CT molecular complexity index is 802. The first-order valence-electron chi connectivity index (χ1n) is 9.18. The summed E-state index contributed by atoms with van der Waals surface area (Å²) in [4.78, 5) is 20.6. The monoisotopic (exact) mass is 534 g/mol. The van der Waals surface area contributed by atoms with Crippen molar-refractivity contribution in [1.29, 1.82) is 0 Å². The topological polar surface area (TPSA) is 104 Å². The van der Waals surface area contributed by atoms with Crippen molar-refractivity contribution in [3.05, 3.63) is 35.2 Å². The van der Waals surface area contributed by atoms with Gasteiger partial charge in [0.25, 0.3) is 0 Å². The molecule has 0 aliphatic heterocycles. The minimum atomic E-state index is -0.280. The minimum Gasteiger partial charge on any atom is -0.357 e. The third kappa shape index (κ3) is 9.44. The third-order valence-electron chi connectivity index (χ3n) is 3.44. The predicted molar refractivity (Wildman–Crippen MR) is 126 cm³/mol. The maximum absolute atomic E-state index is 11.9. The molecule has 0 saturated carbocycles. The Kier molecular flexibility index (Phi) is 10.4. The Labute approximate surface area is 193 Å². The quantitative estimate of drug-likeness (QED) is 0.287. The number of rotatable bonds is 7. The Hall–Kier alpha value is -1.88. The van der Waals surface area contributed by atoms with E-state index >= 15 is 0 Å². The zero-order valence-corrected chi connectivity index (χ0v) is 20.2. The SMILES string of the molecule is CCNC(=NCC(=O)NC(C)(C)C)NCCc1nc(-c2ccc(Cl)cc2)no1.I. The molecule has 0 fully saturated rings. The average molecular weight is 535 g/mol. The molecule has 0 atom stereocenters. The van der Waals surface area contributed by atoms with Crippen LogP contribution < -0.4 is 16.0 Å². The van der Waals surface area contributed by atoms with Crippen LogP contribution in [0.4, 0.5) is 0 Å². The molecule has 0 spiro atoms. The number of guanidine groups is 1. The number of hydrogen-bond donors (Lipinski definition) is 3. The van der Waals surface area contributed by atoms with E-state index in [9.17, 15) is 4.79 Å². The molecule has 0 saturated heterocycles. The molecule has 10 heteroatoms. The van der Waals surface area contributed by atoms with Crippen molar-refractivity contribution in [2.45, 2.75) is 39.7 Å². The highest BCUT2D eigenvalue weighted by Gasteiger charge is 2.13. The van der Waals surface area contributed by atoms with E-state index in [0.717, 1.165) is 5.56 Å². The van der Waals surface area contributed by atoms with Gasteiger partial charge in [-0.2, -0.15) is 4.98 Å². The van der Waals surface area contributed by atoms with E-state index in [4.69, 9.17) is 16.1 Å². The second kappa shape index (κ2) is 12.0. The van der Waals surface area contributed by atoms with Crippen molar-refractivity contribution in [2.24, 2.45) is 4.99 Å². The van der Waals surface area contributed by atoms with Crippen LogP contribution in [0, 0.1) is 0 Å². The number of carbonyl (C=O) groups excluding carboxylic acids is 1. The van der Waals surface area contributed by atoms with Crippen LogP contribution in [0.3, 0.4) is 0 Å². The first kappa shape index (κ1) is 25.2. The van der Waals surface area contributed by atoms with Crippen LogP contribution in [0.5, 0.6) is 0 Å². The smallest absolute Gasteiger partial charge is 0.242 e. The van der Waals surface area contributed by atoms with Crippen molar-refractivity contribution in [3.8, 4) is 11.4 Å². The van der Waals surface area contributed by atoms with Crippen LogP contribution in [0.25, 0.3) is 11.4 Å². The molecule has 0 aliphatic carbocycles. The number of nitrogens with zero attached hydrogens (tertiary/aromatic N) is 3. The highest BCUT2D eigenvalue weighted by atomic mass is 127. The molecule has 1 aromatic carbocycles. The van der Waals surface area contributed by atoms with E-state index in [0.29, 0.717) is 42.2 Å². The summed E-state index contributed by atoms with van der Waals surface area (Å²) in [5, 5.41) is 13.8. The number of benzene rings is 1. The predicted octanol–water partition coefficient (Wildman–Crippen LogP) is 3.02. The van der Waals surface area contributed by atoms with Crippen molar-refractivity contribution in [1.82, 2.24) is 26.1 Å². The zero-order valence-electron chi connectivity index (χ0n) is 17.1. The number of amides is 1. The fourth-order valence-corrected chi connectivity index (χ4v) is 2.44. The second-order valence-corrected chi connectivity index (χ2v) is 7.63. The molecule has 8 nitrogen and oxygen atoms in total. The van der Waals surface area contributed by atoms with Gasteiger partial charge in [-0.3, -0.25) is 4.79 Å². The van der Waals surface area contributed by atoms with Gasteiger partial charge >= 0.3 is 0 Å². The summed E-state index contributed by atoms with van der Waals surface area (Å²) in [5.74, 6) is 1.46. The minimum absolute atomic E-state index is 0. The van der Waals surface area contributed by atoms with E-state index in [-0.39, 0.29) is 42.0 Å². The van der Waals surface area contributed by atoms with Gasteiger partial charge in [-0.25, -0.2) is 4.99 Å². The van der Waals surface area contributed by atoms with Crippen LogP contribution in [-0.2, 0) is 11.2 Å². The van der Waals surface area contributed by atoms with Crippen molar-refractivity contribution in [3.63, 3.8) is 0 Å². The fourth-order valence-electron chi connectivity index (χ4n) is 2.31. The van der Waals surface area contributed by atoms with Crippen LogP contribution in [-0.4, -0.2) is 47.2 Å². The molecular formula is C19H28ClIN6O2. The molecule has 1 heterocycles. The molecule has 1 amide bonds. The van der Waals surface area contributed by atoms with Gasteiger partial charge < -0.3 is 20.5 Å². The largest absolute Gasteiger partial charge is 0.357 e. The standard InChI is InChI=1S/C19H27ClN6O2.HI/c1-5-21-18(23-12-15(27)25-19(2,3)4)22-11-10-16-24-17(26-28-16)13-6-8-14(20)9-7-13;/h6-9H,5,10-12H2,1-4H3,(H,25,27)(H2,21,22,23);1H. The number of halogens is 2. The van der Waals surface area contributed by atoms with E-state index in [1.807, 2.05) is 39.8 Å². The Morgan fingerprint density at radius 3 is 2.52 bits per heavy atom. The number of nitrogens with one attached hydrogen (secondary N) is 3. The fraction of sp³-hybridized carbons (Fsp3) is 0.474. The Morgan fingerprint density at radius 1 is 1.21 bits per heavy atom. The van der Waals surface area contributed by atoms with Crippen LogP contribution in [0.1, 0.15) is 33.6 Å². The number of carbonyl (C=O) groups is 1. The molecule has 3 N–H and O–H groups in total. The third-order valence-corrected chi connectivity index (χ3v) is 3.69. The molecule has 0 unspecified atom stereocenters. The van der Waals surface area contributed by atoms with Gasteiger partial charge in [-0.1, -0.05) is 16.8 Å². The summed E-state index contributed by atoms with van der Waals surface area (Å²) in [7, 11) is 0. The van der Waals surface area contributed by atoms with Gasteiger partial charge in [0, 0.05) is 35.6 Å². The summed E-state index contributed by atoms with van der Waals surface area (Å²) in [6.07, 6.45) is 0.527. The van der Waals surface area contributed by atoms with Crippen LogP contribution in [0.15, 0.2) is 33.8 Å². The van der Waals surface area contributed by atoms with Crippen molar-refractivity contribution < 1.29 is 9.32 Å². The van der Waals surface area contributed by atoms with Gasteiger partial charge in [0.1, 0.15) is 6.54 Å². The van der Waals surface area contributed by atoms with E-state index < -0.39 is 0 Å². The van der Waals surface area contributed by atoms with E-state index in [1.54, 1.807) is 12.1 Å². The van der Waals surface area contributed by atoms with Crippen LogP contribution >= 0.6 is 35.6 Å². The first-order valence-corrected chi connectivity index (χ1v) is 9.56. The molecule has 160 valence electrons. The molecule has 29 heavy (non-hydrogen) atoms. The molecule has 0 radical (unpaired) electrons. The molecule has 0 bridgehead atoms. The second-order valence-electron chi connectivity index (χ2n) is 7.19. The molecule has 0 aliphatic rings. The van der Waals surface area contributed by atoms with Gasteiger partial charge in [-0.05, 0) is 52.0 Å². The highest BCUT2D eigenvalue weighted by molar-refractivity contribution is 14.0. The summed E-state index contributed by atoms with van der Waals surface area (Å²) < 4.78 is 5.29. The van der Waals surface area contributed by atoms with Crippen molar-refractivity contribution >= 4 is 47.4 Å². The van der Waals surface area contributed by atoms with Gasteiger partial charge in [0.05, 0.1) is 0 Å². The maximum atomic E-state index is 11.9. The average Bonchev–Trinajstić information content (AvgIpc) is 3.07. The maximum Gasteiger partial charge on any atom is 0.242 e. The lowest BCUT2D eigenvalue weighted by molar-refractivity contribution is -0.121. The summed E-state index contributed by atoms with van der Waals surface area (Å²) in [6, 6.07) is 7.24. The normalized spacial score (nSPS) is 11.6. The number of hydrogen-bond acceptors (Lipinski definition) is 5. The van der Waals surface area contributed by atoms with E-state index in [1.165, 1.54) is 0 Å². The first-order chi connectivity index (χ1) is 13.3. The lowest BCUT2D eigenvalue weighted by Crippen LogP contribution is -2.43. The highest BCUT2D eigenvalue weighted by Crippen LogP contribution is 2.18. The van der Waals surface area contributed by atoms with E-state index in [2.05, 4.69) is 31.1 Å². The number of aliphatic imine (C=N–C) groups is 1. The molecular weight excluding hydrogens is 507 g/mol. The lowest BCUT2D eigenvalue weighted by Gasteiger charge is -2.20. The Balaban J connectivity index is 0.00000420. The Morgan fingerprint density at radius 2 is 1.90 bits per heavy atom. The zero-order chi connectivity index (χ0) is 20.6. The van der Waals surface area contributed by atoms with Gasteiger partial charge in [-0.15, -0.1) is 24.0 Å². The molecule has 2 rings (SSSR count). The summed E-state index contributed by atoms with van der Waals surface area (Å²) in [6.45, 7) is 9.03. The van der Waals surface area contributed by atoms with Crippen LogP contribution in [0.2, 0.25) is 5.02 Å². The summed E-state index contributed by atoms with van der Waals surface area (Å²) in [5.41, 5.74) is 0.560. The molecule has 2 aromatic rings. The molecule has 1 aromatic heterocycles. The van der Waals surface area contributed by atoms with Crippen molar-refractivity contribution in [2.75, 3.05) is 19.6 Å². The number of aromatic nitrogens is 2. The van der Waals surface area contributed by atoms with Gasteiger partial charge in [0.2, 0.25) is 17.6 Å².